The number of halogens is 3. The molecule has 0 unspecified atom stereocenters. The Bertz CT molecular complexity index is 909. The molecule has 1 saturated heterocycles. The summed E-state index contributed by atoms with van der Waals surface area (Å²) in [5, 5.41) is 0. The molecule has 30 heavy (non-hydrogen) atoms. The van der Waals surface area contributed by atoms with E-state index >= 15 is 0 Å². The van der Waals surface area contributed by atoms with Gasteiger partial charge in [-0.15, -0.1) is 0 Å². The zero-order valence-electron chi connectivity index (χ0n) is 16.3. The highest BCUT2D eigenvalue weighted by molar-refractivity contribution is 5.96. The van der Waals surface area contributed by atoms with Crippen molar-refractivity contribution in [2.24, 2.45) is 0 Å². The van der Waals surface area contributed by atoms with Gasteiger partial charge in [0.2, 0.25) is 0 Å². The van der Waals surface area contributed by atoms with Gasteiger partial charge in [-0.2, -0.15) is 13.2 Å². The van der Waals surface area contributed by atoms with Crippen LogP contribution in [0.15, 0.2) is 48.5 Å². The lowest BCUT2D eigenvalue weighted by atomic mass is 10.1. The molecule has 0 saturated carbocycles. The third kappa shape index (κ3) is 4.84. The molecule has 1 heterocycles. The number of carbonyl (C=O) groups is 2. The molecule has 0 aliphatic carbocycles. The first-order chi connectivity index (χ1) is 14.3. The quantitative estimate of drug-likeness (QED) is 0.743. The zero-order chi connectivity index (χ0) is 21.7. The summed E-state index contributed by atoms with van der Waals surface area (Å²) in [6.45, 7) is 0.518. The monoisotopic (exact) mass is 422 g/mol. The van der Waals surface area contributed by atoms with Crippen LogP contribution >= 0.6 is 0 Å². The van der Waals surface area contributed by atoms with E-state index in [0.717, 1.165) is 6.07 Å². The Morgan fingerprint density at radius 2 is 1.47 bits per heavy atom. The summed E-state index contributed by atoms with van der Waals surface area (Å²) in [7, 11) is 1.50. The Labute approximate surface area is 171 Å². The van der Waals surface area contributed by atoms with E-state index in [-0.39, 0.29) is 44.3 Å². The van der Waals surface area contributed by atoms with Crippen LogP contribution in [0.2, 0.25) is 0 Å². The molecule has 0 atom stereocenters. The van der Waals surface area contributed by atoms with Crippen LogP contribution in [-0.2, 0) is 11.0 Å². The minimum absolute atomic E-state index is 0.144. The number of ether oxygens (including phenoxy) is 2. The van der Waals surface area contributed by atoms with Crippen LogP contribution in [0.5, 0.6) is 11.5 Å². The van der Waals surface area contributed by atoms with E-state index in [9.17, 15) is 22.8 Å². The molecule has 1 aliphatic heterocycles. The van der Waals surface area contributed by atoms with Gasteiger partial charge in [-0.25, -0.2) is 0 Å². The lowest BCUT2D eigenvalue weighted by Gasteiger charge is -2.35. The van der Waals surface area contributed by atoms with Gasteiger partial charge in [0, 0.05) is 26.2 Å². The van der Waals surface area contributed by atoms with Crippen LogP contribution < -0.4 is 9.47 Å². The van der Waals surface area contributed by atoms with Crippen molar-refractivity contribution in [2.45, 2.75) is 6.18 Å². The first kappa shape index (κ1) is 21.5. The van der Waals surface area contributed by atoms with Crippen molar-refractivity contribution >= 4 is 11.8 Å². The highest BCUT2D eigenvalue weighted by Gasteiger charge is 2.36. The molecule has 0 aromatic heterocycles. The van der Waals surface area contributed by atoms with Crippen molar-refractivity contribution in [1.82, 2.24) is 9.80 Å². The summed E-state index contributed by atoms with van der Waals surface area (Å²) in [5.41, 5.74) is -1.34. The molecule has 2 aromatic rings. The van der Waals surface area contributed by atoms with Crippen LogP contribution in [0, 0.1) is 0 Å². The van der Waals surface area contributed by atoms with E-state index < -0.39 is 17.6 Å². The second-order valence-corrected chi connectivity index (χ2v) is 6.66. The second kappa shape index (κ2) is 9.06. The van der Waals surface area contributed by atoms with Gasteiger partial charge in [-0.3, -0.25) is 9.59 Å². The summed E-state index contributed by atoms with van der Waals surface area (Å²) in [6.07, 6.45) is -4.61. The van der Waals surface area contributed by atoms with E-state index in [4.69, 9.17) is 9.47 Å². The molecule has 0 bridgehead atoms. The summed E-state index contributed by atoms with van der Waals surface area (Å²) in [6, 6.07) is 11.6. The number of para-hydroxylation sites is 2. The maximum atomic E-state index is 13.2. The average Bonchev–Trinajstić information content (AvgIpc) is 2.76. The van der Waals surface area contributed by atoms with E-state index in [1.165, 1.54) is 35.1 Å². The Hall–Kier alpha value is -3.23. The summed E-state index contributed by atoms with van der Waals surface area (Å²) in [4.78, 5) is 27.9. The molecule has 2 amide bonds. The van der Waals surface area contributed by atoms with E-state index in [0.29, 0.717) is 11.5 Å². The van der Waals surface area contributed by atoms with Crippen molar-refractivity contribution in [3.05, 3.63) is 59.7 Å². The van der Waals surface area contributed by atoms with Crippen molar-refractivity contribution in [3.63, 3.8) is 0 Å². The average molecular weight is 422 g/mol. The molecule has 1 fully saturated rings. The normalized spacial score (nSPS) is 14.4. The summed E-state index contributed by atoms with van der Waals surface area (Å²) in [5.74, 6) is -0.0287. The predicted molar refractivity (Wildman–Crippen MR) is 102 cm³/mol. The molecule has 0 radical (unpaired) electrons. The fourth-order valence-corrected chi connectivity index (χ4v) is 3.21. The number of rotatable bonds is 5. The van der Waals surface area contributed by atoms with Gasteiger partial charge in [0.15, 0.2) is 18.1 Å². The number of carbonyl (C=O) groups excluding carboxylic acids is 2. The molecular formula is C21H21F3N2O4. The standard InChI is InChI=1S/C21H21F3N2O4/c1-29-17-8-4-5-9-18(17)30-14-19(27)25-10-12-26(13-11-25)20(28)15-6-2-3-7-16(15)21(22,23)24/h2-9H,10-14H2,1H3. The summed E-state index contributed by atoms with van der Waals surface area (Å²) < 4.78 is 50.2. The lowest BCUT2D eigenvalue weighted by molar-refractivity contribution is -0.138. The molecule has 0 spiro atoms. The Morgan fingerprint density at radius 3 is 2.10 bits per heavy atom. The fourth-order valence-electron chi connectivity index (χ4n) is 3.21. The first-order valence-corrected chi connectivity index (χ1v) is 9.30. The molecular weight excluding hydrogens is 401 g/mol. The van der Waals surface area contributed by atoms with Gasteiger partial charge in [0.05, 0.1) is 18.2 Å². The number of hydrogen-bond acceptors (Lipinski definition) is 4. The van der Waals surface area contributed by atoms with Crippen LogP contribution in [0.4, 0.5) is 13.2 Å². The number of amides is 2. The molecule has 6 nitrogen and oxygen atoms in total. The predicted octanol–water partition coefficient (Wildman–Crippen LogP) is 3.08. The SMILES string of the molecule is COc1ccccc1OCC(=O)N1CCN(C(=O)c2ccccc2C(F)(F)F)CC1. The highest BCUT2D eigenvalue weighted by atomic mass is 19.4. The second-order valence-electron chi connectivity index (χ2n) is 6.66. The van der Waals surface area contributed by atoms with Crippen molar-refractivity contribution in [3.8, 4) is 11.5 Å². The van der Waals surface area contributed by atoms with Crippen molar-refractivity contribution in [2.75, 3.05) is 39.9 Å². The molecule has 160 valence electrons. The van der Waals surface area contributed by atoms with Crippen LogP contribution in [0.3, 0.4) is 0 Å². The molecule has 2 aromatic carbocycles. The summed E-state index contributed by atoms with van der Waals surface area (Å²) >= 11 is 0. The van der Waals surface area contributed by atoms with Crippen LogP contribution in [0.1, 0.15) is 15.9 Å². The minimum atomic E-state index is -4.61. The third-order valence-electron chi connectivity index (χ3n) is 4.80. The molecule has 3 rings (SSSR count). The number of nitrogens with zero attached hydrogens (tertiary/aromatic N) is 2. The Balaban J connectivity index is 1.57. The van der Waals surface area contributed by atoms with Gasteiger partial charge in [0.1, 0.15) is 0 Å². The van der Waals surface area contributed by atoms with E-state index in [1.54, 1.807) is 24.3 Å². The van der Waals surface area contributed by atoms with Gasteiger partial charge in [-0.05, 0) is 24.3 Å². The van der Waals surface area contributed by atoms with Gasteiger partial charge < -0.3 is 19.3 Å². The lowest BCUT2D eigenvalue weighted by Crippen LogP contribution is -2.51. The van der Waals surface area contributed by atoms with Crippen LogP contribution in [0.25, 0.3) is 0 Å². The highest BCUT2D eigenvalue weighted by Crippen LogP contribution is 2.32. The van der Waals surface area contributed by atoms with E-state index in [2.05, 4.69) is 0 Å². The van der Waals surface area contributed by atoms with Crippen molar-refractivity contribution in [1.29, 1.82) is 0 Å². The Morgan fingerprint density at radius 1 is 0.900 bits per heavy atom. The molecule has 1 aliphatic rings. The minimum Gasteiger partial charge on any atom is -0.493 e. The number of hydrogen-bond donors (Lipinski definition) is 0. The third-order valence-corrected chi connectivity index (χ3v) is 4.80. The number of methoxy groups -OCH3 is 1. The van der Waals surface area contributed by atoms with E-state index in [1.807, 2.05) is 0 Å². The van der Waals surface area contributed by atoms with Gasteiger partial charge in [0.25, 0.3) is 11.8 Å². The maximum absolute atomic E-state index is 13.2. The smallest absolute Gasteiger partial charge is 0.417 e. The number of benzene rings is 2. The maximum Gasteiger partial charge on any atom is 0.417 e. The van der Waals surface area contributed by atoms with Crippen LogP contribution in [-0.4, -0.2) is 61.5 Å². The fraction of sp³-hybridized carbons (Fsp3) is 0.333. The number of piperazine rings is 1. The largest absolute Gasteiger partial charge is 0.493 e. The van der Waals surface area contributed by atoms with Gasteiger partial charge >= 0.3 is 6.18 Å². The molecule has 0 N–H and O–H groups in total. The first-order valence-electron chi connectivity index (χ1n) is 9.30. The Kier molecular flexibility index (Phi) is 6.49. The molecule has 9 heteroatoms. The van der Waals surface area contributed by atoms with Gasteiger partial charge in [-0.1, -0.05) is 24.3 Å². The number of alkyl halides is 3. The topological polar surface area (TPSA) is 59.1 Å². The van der Waals surface area contributed by atoms with Crippen molar-refractivity contribution < 1.29 is 32.2 Å². The zero-order valence-corrected chi connectivity index (χ0v) is 16.3.